The molecule has 1 aliphatic heterocycles. The highest BCUT2D eigenvalue weighted by atomic mass is 35.6. The number of nitrogens with one attached hydrogen (secondary N) is 1. The van der Waals surface area contributed by atoms with E-state index in [1.165, 1.54) is 0 Å². The Hall–Kier alpha value is -2.98. The SMILES string of the molecule is N=C(OC1OC(COCc2ccccc2)[C@@H](OCc2ccccc2)[C@H](OCc2ccccc2)[C@@H]1OCc1ccccc1)C(Cl)(Cl)Cl. The zero-order valence-corrected chi connectivity index (χ0v) is 27.3. The minimum atomic E-state index is -2.12. The standard InChI is InChI=1S/C36H36Cl3NO6/c37-36(38,39)35(40)46-34-33(44-24-29-19-11-4-12-20-29)32(43-23-28-17-9-3-10-18-28)31(42-22-27-15-7-2-8-16-27)30(45-34)25-41-21-26-13-5-1-6-14-26/h1-20,30-34,40H,21-25H2/t30?,31-,32+,33+,34?/m1/s1. The highest BCUT2D eigenvalue weighted by Gasteiger charge is 2.51. The third-order valence-electron chi connectivity index (χ3n) is 7.33. The lowest BCUT2D eigenvalue weighted by molar-refractivity contribution is -0.313. The van der Waals surface area contributed by atoms with Crippen LogP contribution < -0.4 is 0 Å². The van der Waals surface area contributed by atoms with Crippen molar-refractivity contribution in [1.29, 1.82) is 5.41 Å². The van der Waals surface area contributed by atoms with Crippen molar-refractivity contribution in [2.75, 3.05) is 6.61 Å². The first-order valence-corrected chi connectivity index (χ1v) is 16.1. The Balaban J connectivity index is 1.46. The molecule has 5 rings (SSSR count). The molecule has 4 aromatic carbocycles. The fraction of sp³-hybridized carbons (Fsp3) is 0.306. The third-order valence-corrected chi connectivity index (χ3v) is 7.85. The number of halogens is 3. The molecule has 1 heterocycles. The lowest BCUT2D eigenvalue weighted by Gasteiger charge is -2.46. The summed E-state index contributed by atoms with van der Waals surface area (Å²) in [5.41, 5.74) is 3.87. The molecule has 2 unspecified atom stereocenters. The zero-order chi connectivity index (χ0) is 32.2. The number of alkyl halides is 3. The Bertz CT molecular complexity index is 1460. The van der Waals surface area contributed by atoms with E-state index < -0.39 is 40.4 Å². The van der Waals surface area contributed by atoms with E-state index in [2.05, 4.69) is 0 Å². The van der Waals surface area contributed by atoms with Gasteiger partial charge < -0.3 is 28.4 Å². The smallest absolute Gasteiger partial charge is 0.265 e. The molecule has 0 saturated carbocycles. The molecule has 1 aliphatic rings. The molecule has 0 radical (unpaired) electrons. The molecule has 7 nitrogen and oxygen atoms in total. The van der Waals surface area contributed by atoms with E-state index in [4.69, 9.17) is 68.6 Å². The van der Waals surface area contributed by atoms with Gasteiger partial charge in [0, 0.05) is 0 Å². The Labute approximate surface area is 284 Å². The molecule has 4 aromatic rings. The van der Waals surface area contributed by atoms with Crippen molar-refractivity contribution < 1.29 is 28.4 Å². The second kappa shape index (κ2) is 17.3. The molecule has 1 N–H and O–H groups in total. The van der Waals surface area contributed by atoms with Gasteiger partial charge in [0.15, 0.2) is 0 Å². The van der Waals surface area contributed by atoms with Crippen molar-refractivity contribution in [3.8, 4) is 0 Å². The number of hydrogen-bond donors (Lipinski definition) is 1. The molecule has 0 aromatic heterocycles. The van der Waals surface area contributed by atoms with Gasteiger partial charge in [0.1, 0.15) is 24.4 Å². The minimum Gasteiger partial charge on any atom is -0.445 e. The van der Waals surface area contributed by atoms with Crippen LogP contribution >= 0.6 is 34.8 Å². The normalized spacial score (nSPS) is 21.5. The van der Waals surface area contributed by atoms with Crippen LogP contribution in [0.5, 0.6) is 0 Å². The van der Waals surface area contributed by atoms with E-state index >= 15 is 0 Å². The molecule has 242 valence electrons. The first-order chi connectivity index (χ1) is 22.4. The number of rotatable bonds is 14. The highest BCUT2D eigenvalue weighted by Crippen LogP contribution is 2.34. The van der Waals surface area contributed by atoms with Crippen molar-refractivity contribution >= 4 is 40.7 Å². The third kappa shape index (κ3) is 10.3. The Morgan fingerprint density at radius 3 is 1.39 bits per heavy atom. The van der Waals surface area contributed by atoms with E-state index in [9.17, 15) is 0 Å². The molecule has 0 amide bonds. The van der Waals surface area contributed by atoms with Crippen LogP contribution in [0.2, 0.25) is 0 Å². The van der Waals surface area contributed by atoms with Gasteiger partial charge in [0.2, 0.25) is 12.2 Å². The predicted molar refractivity (Wildman–Crippen MR) is 179 cm³/mol. The molecular weight excluding hydrogens is 649 g/mol. The summed E-state index contributed by atoms with van der Waals surface area (Å²) in [6.07, 6.45) is -4.17. The van der Waals surface area contributed by atoms with Gasteiger partial charge in [-0.25, -0.2) is 0 Å². The summed E-state index contributed by atoms with van der Waals surface area (Å²) in [5.74, 6) is -0.606. The van der Waals surface area contributed by atoms with Gasteiger partial charge in [0.25, 0.3) is 3.79 Å². The van der Waals surface area contributed by atoms with Crippen LogP contribution in [0.25, 0.3) is 0 Å². The fourth-order valence-corrected chi connectivity index (χ4v) is 5.16. The summed E-state index contributed by atoms with van der Waals surface area (Å²) < 4.78 is 36.1. The van der Waals surface area contributed by atoms with Crippen LogP contribution in [0.15, 0.2) is 121 Å². The van der Waals surface area contributed by atoms with Crippen molar-refractivity contribution in [2.45, 2.75) is 60.9 Å². The van der Waals surface area contributed by atoms with E-state index in [1.807, 2.05) is 121 Å². The van der Waals surface area contributed by atoms with Crippen molar-refractivity contribution in [3.63, 3.8) is 0 Å². The van der Waals surface area contributed by atoms with Crippen LogP contribution in [0.3, 0.4) is 0 Å². The van der Waals surface area contributed by atoms with E-state index in [0.717, 1.165) is 22.3 Å². The van der Waals surface area contributed by atoms with Crippen LogP contribution in [0, 0.1) is 5.41 Å². The zero-order valence-electron chi connectivity index (χ0n) is 25.1. The van der Waals surface area contributed by atoms with Gasteiger partial charge in [-0.15, -0.1) is 0 Å². The molecule has 1 fully saturated rings. The molecule has 10 heteroatoms. The van der Waals surface area contributed by atoms with Gasteiger partial charge in [-0.1, -0.05) is 156 Å². The maximum atomic E-state index is 8.37. The summed E-state index contributed by atoms with van der Waals surface area (Å²) in [5, 5.41) is 8.37. The van der Waals surface area contributed by atoms with E-state index in [0.29, 0.717) is 6.61 Å². The average molecular weight is 685 g/mol. The van der Waals surface area contributed by atoms with Crippen molar-refractivity contribution in [3.05, 3.63) is 144 Å². The predicted octanol–water partition coefficient (Wildman–Crippen LogP) is 8.05. The van der Waals surface area contributed by atoms with Crippen LogP contribution in [0.1, 0.15) is 22.3 Å². The van der Waals surface area contributed by atoms with Gasteiger partial charge >= 0.3 is 0 Å². The second-order valence-corrected chi connectivity index (χ2v) is 13.1. The lowest BCUT2D eigenvalue weighted by atomic mass is 9.97. The topological polar surface area (TPSA) is 79.2 Å². The van der Waals surface area contributed by atoms with E-state index in [1.54, 1.807) is 0 Å². The Morgan fingerprint density at radius 2 is 0.957 bits per heavy atom. The molecule has 5 atom stereocenters. The first kappa shape index (κ1) is 34.4. The van der Waals surface area contributed by atoms with Crippen molar-refractivity contribution in [1.82, 2.24) is 0 Å². The summed E-state index contributed by atoms with van der Waals surface area (Å²) in [6, 6.07) is 39.2. The summed E-state index contributed by atoms with van der Waals surface area (Å²) >= 11 is 18.1. The van der Waals surface area contributed by atoms with Gasteiger partial charge in [-0.3, -0.25) is 5.41 Å². The maximum Gasteiger partial charge on any atom is 0.265 e. The molecule has 0 bridgehead atoms. The second-order valence-electron chi connectivity index (χ2n) is 10.8. The van der Waals surface area contributed by atoms with Crippen molar-refractivity contribution in [2.24, 2.45) is 0 Å². The minimum absolute atomic E-state index is 0.131. The van der Waals surface area contributed by atoms with Gasteiger partial charge in [0.05, 0.1) is 33.0 Å². The monoisotopic (exact) mass is 683 g/mol. The Kier molecular flexibility index (Phi) is 12.9. The number of benzene rings is 4. The lowest BCUT2D eigenvalue weighted by Crippen LogP contribution is -2.62. The number of hydrogen-bond acceptors (Lipinski definition) is 7. The summed E-state index contributed by atoms with van der Waals surface area (Å²) in [4.78, 5) is 0. The van der Waals surface area contributed by atoms with E-state index in [-0.39, 0.29) is 26.4 Å². The summed E-state index contributed by atoms with van der Waals surface area (Å²) in [7, 11) is 0. The first-order valence-electron chi connectivity index (χ1n) is 14.9. The van der Waals surface area contributed by atoms with Gasteiger partial charge in [-0.05, 0) is 22.3 Å². The average Bonchev–Trinajstić information content (AvgIpc) is 3.07. The van der Waals surface area contributed by atoms with Crippen LogP contribution in [0.4, 0.5) is 0 Å². The number of ether oxygens (including phenoxy) is 6. The highest BCUT2D eigenvalue weighted by molar-refractivity contribution is 6.76. The molecule has 46 heavy (non-hydrogen) atoms. The molecule has 0 spiro atoms. The molecular formula is C36H36Cl3NO6. The largest absolute Gasteiger partial charge is 0.445 e. The Morgan fingerprint density at radius 1 is 0.565 bits per heavy atom. The summed E-state index contributed by atoms with van der Waals surface area (Å²) in [6.45, 7) is 1.24. The van der Waals surface area contributed by atoms with Crippen LogP contribution in [-0.2, 0) is 54.8 Å². The molecule has 1 saturated heterocycles. The quantitative estimate of drug-likeness (QED) is 0.0823. The van der Waals surface area contributed by atoms with Crippen LogP contribution in [-0.4, -0.2) is 47.0 Å². The fourth-order valence-electron chi connectivity index (χ4n) is 5.02. The van der Waals surface area contributed by atoms with Gasteiger partial charge in [-0.2, -0.15) is 0 Å². The maximum absolute atomic E-state index is 8.37. The molecule has 0 aliphatic carbocycles.